The van der Waals surface area contributed by atoms with Crippen LogP contribution in [0.2, 0.25) is 0 Å². The Morgan fingerprint density at radius 2 is 2.21 bits per heavy atom. The summed E-state index contributed by atoms with van der Waals surface area (Å²) in [5, 5.41) is 7.31. The highest BCUT2D eigenvalue weighted by Gasteiger charge is 2.07. The maximum absolute atomic E-state index is 4.19. The number of pyridine rings is 1. The summed E-state index contributed by atoms with van der Waals surface area (Å²) < 4.78 is 1.81. The number of aromatic nitrogens is 3. The molecule has 0 aliphatic carbocycles. The molecule has 0 spiro atoms. The monoisotopic (exact) mass is 188 g/mol. The molecule has 4 nitrogen and oxygen atoms in total. The lowest BCUT2D eigenvalue weighted by molar-refractivity contribution is 0.775. The summed E-state index contributed by atoms with van der Waals surface area (Å²) in [6.45, 7) is 0. The van der Waals surface area contributed by atoms with E-state index >= 15 is 0 Å². The van der Waals surface area contributed by atoms with Crippen molar-refractivity contribution < 1.29 is 0 Å². The van der Waals surface area contributed by atoms with Crippen LogP contribution in [0.5, 0.6) is 0 Å². The van der Waals surface area contributed by atoms with Gasteiger partial charge in [0, 0.05) is 37.6 Å². The van der Waals surface area contributed by atoms with Gasteiger partial charge >= 0.3 is 0 Å². The smallest absolute Gasteiger partial charge is 0.131 e. The van der Waals surface area contributed by atoms with Crippen LogP contribution < -0.4 is 5.32 Å². The molecular formula is C10H12N4. The predicted molar refractivity (Wildman–Crippen MR) is 56.0 cm³/mol. The first-order chi connectivity index (χ1) is 6.83. The lowest BCUT2D eigenvalue weighted by Crippen LogP contribution is -1.99. The molecule has 0 fully saturated rings. The number of anilines is 1. The van der Waals surface area contributed by atoms with Gasteiger partial charge in [0.15, 0.2) is 0 Å². The molecule has 0 aliphatic rings. The highest BCUT2D eigenvalue weighted by Crippen LogP contribution is 2.25. The molecule has 72 valence electrons. The van der Waals surface area contributed by atoms with Crippen LogP contribution in [0.4, 0.5) is 5.82 Å². The van der Waals surface area contributed by atoms with E-state index in [4.69, 9.17) is 0 Å². The lowest BCUT2D eigenvalue weighted by Gasteiger charge is -2.04. The Bertz CT molecular complexity index is 419. The third-order valence-electron chi connectivity index (χ3n) is 2.15. The maximum atomic E-state index is 4.19. The summed E-state index contributed by atoms with van der Waals surface area (Å²) in [5.41, 5.74) is 2.15. The average molecular weight is 188 g/mol. The molecule has 2 aromatic rings. The minimum Gasteiger partial charge on any atom is -0.373 e. The van der Waals surface area contributed by atoms with Crippen molar-refractivity contribution in [1.29, 1.82) is 0 Å². The van der Waals surface area contributed by atoms with Crippen LogP contribution in [0.1, 0.15) is 0 Å². The number of aryl methyl sites for hydroxylation is 1. The molecule has 2 heterocycles. The molecule has 0 aliphatic heterocycles. The zero-order valence-corrected chi connectivity index (χ0v) is 8.23. The Hall–Kier alpha value is -1.84. The molecule has 0 atom stereocenters. The van der Waals surface area contributed by atoms with Gasteiger partial charge in [-0.2, -0.15) is 5.10 Å². The maximum Gasteiger partial charge on any atom is 0.131 e. The van der Waals surface area contributed by atoms with Crippen LogP contribution in [-0.4, -0.2) is 21.8 Å². The molecule has 4 heteroatoms. The first kappa shape index (κ1) is 8.74. The Morgan fingerprint density at radius 3 is 2.86 bits per heavy atom. The highest BCUT2D eigenvalue weighted by molar-refractivity contribution is 5.74. The molecule has 0 amide bonds. The summed E-state index contributed by atoms with van der Waals surface area (Å²) in [7, 11) is 3.79. The minimum absolute atomic E-state index is 0.998. The predicted octanol–water partition coefficient (Wildman–Crippen LogP) is 1.52. The second-order valence-corrected chi connectivity index (χ2v) is 3.02. The number of nitrogens with one attached hydrogen (secondary N) is 1. The molecule has 2 rings (SSSR count). The fraction of sp³-hybridized carbons (Fsp3) is 0.200. The van der Waals surface area contributed by atoms with Crippen molar-refractivity contribution in [3.8, 4) is 11.1 Å². The van der Waals surface area contributed by atoms with E-state index in [0.717, 1.165) is 16.9 Å². The van der Waals surface area contributed by atoms with E-state index in [-0.39, 0.29) is 0 Å². The van der Waals surface area contributed by atoms with Crippen LogP contribution in [0.3, 0.4) is 0 Å². The van der Waals surface area contributed by atoms with Crippen molar-refractivity contribution in [1.82, 2.24) is 14.8 Å². The van der Waals surface area contributed by atoms with E-state index in [9.17, 15) is 0 Å². The molecule has 2 aromatic heterocycles. The summed E-state index contributed by atoms with van der Waals surface area (Å²) in [4.78, 5) is 4.08. The molecule has 14 heavy (non-hydrogen) atoms. The highest BCUT2D eigenvalue weighted by atomic mass is 15.3. The van der Waals surface area contributed by atoms with Crippen molar-refractivity contribution in [2.75, 3.05) is 12.4 Å². The molecule has 0 bridgehead atoms. The van der Waals surface area contributed by atoms with Crippen molar-refractivity contribution in [2.45, 2.75) is 0 Å². The molecular weight excluding hydrogens is 176 g/mol. The standard InChI is InChI=1S/C10H12N4/c1-11-10-9(7-13-14(10)2)8-4-3-5-12-6-8/h3-7,11H,1-2H3. The van der Waals surface area contributed by atoms with Gasteiger partial charge in [-0.1, -0.05) is 6.07 Å². The quantitative estimate of drug-likeness (QED) is 0.777. The van der Waals surface area contributed by atoms with Gasteiger partial charge in [-0.05, 0) is 6.07 Å². The van der Waals surface area contributed by atoms with Crippen molar-refractivity contribution in [3.63, 3.8) is 0 Å². The lowest BCUT2D eigenvalue weighted by atomic mass is 10.1. The third kappa shape index (κ3) is 1.35. The van der Waals surface area contributed by atoms with Crippen LogP contribution in [-0.2, 0) is 7.05 Å². The Kier molecular flexibility index (Phi) is 2.18. The van der Waals surface area contributed by atoms with E-state index in [1.165, 1.54) is 0 Å². The minimum atomic E-state index is 0.998. The van der Waals surface area contributed by atoms with Gasteiger partial charge in [-0.3, -0.25) is 9.67 Å². The molecule has 0 saturated carbocycles. The number of rotatable bonds is 2. The second-order valence-electron chi connectivity index (χ2n) is 3.02. The molecule has 0 saturated heterocycles. The van der Waals surface area contributed by atoms with Crippen molar-refractivity contribution in [3.05, 3.63) is 30.7 Å². The normalized spacial score (nSPS) is 10.1. The van der Waals surface area contributed by atoms with Gasteiger partial charge in [0.05, 0.1) is 6.20 Å². The van der Waals surface area contributed by atoms with Crippen LogP contribution >= 0.6 is 0 Å². The topological polar surface area (TPSA) is 42.7 Å². The van der Waals surface area contributed by atoms with Gasteiger partial charge < -0.3 is 5.32 Å². The third-order valence-corrected chi connectivity index (χ3v) is 2.15. The van der Waals surface area contributed by atoms with Gasteiger partial charge in [0.25, 0.3) is 0 Å². The summed E-state index contributed by atoms with van der Waals surface area (Å²) in [6, 6.07) is 3.94. The summed E-state index contributed by atoms with van der Waals surface area (Å²) >= 11 is 0. The van der Waals surface area contributed by atoms with Crippen molar-refractivity contribution >= 4 is 5.82 Å². The molecule has 0 unspecified atom stereocenters. The van der Waals surface area contributed by atoms with Crippen LogP contribution in [0.15, 0.2) is 30.7 Å². The van der Waals surface area contributed by atoms with E-state index < -0.39 is 0 Å². The molecule has 0 aromatic carbocycles. The van der Waals surface area contributed by atoms with E-state index in [1.54, 1.807) is 6.20 Å². The van der Waals surface area contributed by atoms with E-state index in [0.29, 0.717) is 0 Å². The number of nitrogens with zero attached hydrogens (tertiary/aromatic N) is 3. The molecule has 0 radical (unpaired) electrons. The summed E-state index contributed by atoms with van der Waals surface area (Å²) in [5.74, 6) is 0.998. The Balaban J connectivity index is 2.52. The van der Waals surface area contributed by atoms with Crippen molar-refractivity contribution in [2.24, 2.45) is 7.05 Å². The fourth-order valence-electron chi connectivity index (χ4n) is 1.47. The van der Waals surface area contributed by atoms with Gasteiger partial charge in [-0.25, -0.2) is 0 Å². The summed E-state index contributed by atoms with van der Waals surface area (Å²) in [6.07, 6.45) is 5.43. The second kappa shape index (κ2) is 3.49. The first-order valence-corrected chi connectivity index (χ1v) is 4.43. The zero-order valence-electron chi connectivity index (χ0n) is 8.23. The number of hydrogen-bond donors (Lipinski definition) is 1. The van der Waals surface area contributed by atoms with Gasteiger partial charge in [0.2, 0.25) is 0 Å². The SMILES string of the molecule is CNc1c(-c2cccnc2)cnn1C. The van der Waals surface area contributed by atoms with E-state index in [2.05, 4.69) is 15.4 Å². The largest absolute Gasteiger partial charge is 0.373 e. The van der Waals surface area contributed by atoms with Crippen LogP contribution in [0, 0.1) is 0 Å². The Labute approximate surface area is 82.6 Å². The van der Waals surface area contributed by atoms with Gasteiger partial charge in [0.1, 0.15) is 5.82 Å². The van der Waals surface area contributed by atoms with E-state index in [1.807, 2.05) is 43.3 Å². The fourth-order valence-corrected chi connectivity index (χ4v) is 1.47. The Morgan fingerprint density at radius 1 is 1.36 bits per heavy atom. The zero-order chi connectivity index (χ0) is 9.97. The average Bonchev–Trinajstić information content (AvgIpc) is 2.61. The molecule has 1 N–H and O–H groups in total. The number of hydrogen-bond acceptors (Lipinski definition) is 3. The van der Waals surface area contributed by atoms with Gasteiger partial charge in [-0.15, -0.1) is 0 Å². The van der Waals surface area contributed by atoms with Crippen LogP contribution in [0.25, 0.3) is 11.1 Å². The first-order valence-electron chi connectivity index (χ1n) is 4.43.